The molecule has 0 radical (unpaired) electrons. The number of ether oxygens (including phenoxy) is 1. The molecule has 5 heteroatoms. The summed E-state index contributed by atoms with van der Waals surface area (Å²) < 4.78 is 5.82. The average Bonchev–Trinajstić information content (AvgIpc) is 2.40. The Hall–Kier alpha value is -2.01. The Labute approximate surface area is 118 Å². The summed E-state index contributed by atoms with van der Waals surface area (Å²) in [5.41, 5.74) is 7.32. The van der Waals surface area contributed by atoms with Crippen LogP contribution in [-0.2, 0) is 11.3 Å². The van der Waals surface area contributed by atoms with Gasteiger partial charge in [-0.1, -0.05) is 12.1 Å². The molecule has 19 heavy (non-hydrogen) atoms. The van der Waals surface area contributed by atoms with Crippen molar-refractivity contribution in [2.24, 2.45) is 0 Å². The van der Waals surface area contributed by atoms with Gasteiger partial charge in [0, 0.05) is 10.2 Å². The minimum Gasteiger partial charge on any atom is -0.508 e. The standard InChI is InChI=1S/C14H12BrNO3/c15-13-6-3-10(16)7-12(13)14(18)19-8-9-1-4-11(17)5-2-9/h1-7,17H,8,16H2. The molecule has 0 bridgehead atoms. The number of rotatable bonds is 3. The number of benzene rings is 2. The smallest absolute Gasteiger partial charge is 0.339 e. The maximum absolute atomic E-state index is 11.9. The maximum atomic E-state index is 11.9. The quantitative estimate of drug-likeness (QED) is 0.673. The van der Waals surface area contributed by atoms with Crippen LogP contribution in [0.15, 0.2) is 46.9 Å². The van der Waals surface area contributed by atoms with Crippen molar-refractivity contribution < 1.29 is 14.6 Å². The number of carbonyl (C=O) groups is 1. The van der Waals surface area contributed by atoms with E-state index in [0.717, 1.165) is 5.56 Å². The second kappa shape index (κ2) is 5.75. The first-order valence-electron chi connectivity index (χ1n) is 5.56. The highest BCUT2D eigenvalue weighted by molar-refractivity contribution is 9.10. The van der Waals surface area contributed by atoms with Crippen LogP contribution < -0.4 is 5.73 Å². The van der Waals surface area contributed by atoms with E-state index >= 15 is 0 Å². The summed E-state index contributed by atoms with van der Waals surface area (Å²) in [6.45, 7) is 0.139. The van der Waals surface area contributed by atoms with Crippen molar-refractivity contribution in [2.45, 2.75) is 6.61 Å². The molecule has 2 aromatic carbocycles. The van der Waals surface area contributed by atoms with Crippen LogP contribution in [0.1, 0.15) is 15.9 Å². The molecule has 0 atom stereocenters. The Balaban J connectivity index is 2.05. The summed E-state index contributed by atoms with van der Waals surface area (Å²) in [7, 11) is 0. The molecule has 3 N–H and O–H groups in total. The summed E-state index contributed by atoms with van der Waals surface area (Å²) in [6.07, 6.45) is 0. The van der Waals surface area contributed by atoms with Crippen molar-refractivity contribution in [3.8, 4) is 5.75 Å². The van der Waals surface area contributed by atoms with E-state index in [9.17, 15) is 4.79 Å². The van der Waals surface area contributed by atoms with Crippen LogP contribution >= 0.6 is 15.9 Å². The fraction of sp³-hybridized carbons (Fsp3) is 0.0714. The lowest BCUT2D eigenvalue weighted by molar-refractivity contribution is 0.0471. The highest BCUT2D eigenvalue weighted by Gasteiger charge is 2.12. The van der Waals surface area contributed by atoms with Gasteiger partial charge in [-0.2, -0.15) is 0 Å². The first-order chi connectivity index (χ1) is 9.06. The van der Waals surface area contributed by atoms with E-state index in [2.05, 4.69) is 15.9 Å². The van der Waals surface area contributed by atoms with E-state index < -0.39 is 5.97 Å². The number of nitrogen functional groups attached to an aromatic ring is 1. The zero-order valence-electron chi connectivity index (χ0n) is 9.97. The molecule has 0 aliphatic heterocycles. The Morgan fingerprint density at radius 1 is 1.21 bits per heavy atom. The maximum Gasteiger partial charge on any atom is 0.339 e. The molecule has 0 spiro atoms. The van der Waals surface area contributed by atoms with Gasteiger partial charge < -0.3 is 15.6 Å². The number of anilines is 1. The summed E-state index contributed by atoms with van der Waals surface area (Å²) in [5.74, 6) is -0.277. The minimum atomic E-state index is -0.452. The zero-order valence-corrected chi connectivity index (χ0v) is 11.6. The number of carbonyl (C=O) groups excluding carboxylic acids is 1. The van der Waals surface area contributed by atoms with Crippen LogP contribution in [0, 0.1) is 0 Å². The van der Waals surface area contributed by atoms with Gasteiger partial charge in [-0.3, -0.25) is 0 Å². The van der Waals surface area contributed by atoms with Gasteiger partial charge in [-0.15, -0.1) is 0 Å². The molecule has 0 aliphatic carbocycles. The van der Waals surface area contributed by atoms with E-state index in [1.807, 2.05) is 0 Å². The van der Waals surface area contributed by atoms with Crippen molar-refractivity contribution in [1.29, 1.82) is 0 Å². The minimum absolute atomic E-state index is 0.139. The van der Waals surface area contributed by atoms with Gasteiger partial charge in [0.05, 0.1) is 5.56 Å². The molecule has 0 aliphatic rings. The molecule has 0 amide bonds. The first-order valence-corrected chi connectivity index (χ1v) is 6.35. The van der Waals surface area contributed by atoms with Crippen molar-refractivity contribution in [1.82, 2.24) is 0 Å². The molecule has 0 saturated carbocycles. The third-order valence-corrected chi connectivity index (χ3v) is 3.21. The number of halogens is 1. The van der Waals surface area contributed by atoms with Gasteiger partial charge in [0.1, 0.15) is 12.4 Å². The van der Waals surface area contributed by atoms with Gasteiger partial charge in [0.2, 0.25) is 0 Å². The normalized spacial score (nSPS) is 10.2. The molecule has 0 aromatic heterocycles. The molecular formula is C14H12BrNO3. The van der Waals surface area contributed by atoms with Crippen molar-refractivity contribution in [2.75, 3.05) is 5.73 Å². The van der Waals surface area contributed by atoms with Crippen molar-refractivity contribution >= 4 is 27.6 Å². The van der Waals surface area contributed by atoms with E-state index in [4.69, 9.17) is 15.6 Å². The monoisotopic (exact) mass is 321 g/mol. The third-order valence-electron chi connectivity index (χ3n) is 2.52. The van der Waals surface area contributed by atoms with Crippen molar-refractivity contribution in [3.63, 3.8) is 0 Å². The number of phenolic OH excluding ortho intramolecular Hbond substituents is 1. The summed E-state index contributed by atoms with van der Waals surface area (Å²) in [4.78, 5) is 11.9. The first kappa shape index (κ1) is 13.4. The van der Waals surface area contributed by atoms with Crippen molar-refractivity contribution in [3.05, 3.63) is 58.1 Å². The highest BCUT2D eigenvalue weighted by atomic mass is 79.9. The lowest BCUT2D eigenvalue weighted by atomic mass is 10.2. The van der Waals surface area contributed by atoms with Crippen LogP contribution in [0.2, 0.25) is 0 Å². The Morgan fingerprint density at radius 2 is 1.89 bits per heavy atom. The van der Waals surface area contributed by atoms with Gasteiger partial charge in [0.25, 0.3) is 0 Å². The summed E-state index contributed by atoms with van der Waals surface area (Å²) in [5, 5.41) is 9.15. The van der Waals surface area contributed by atoms with E-state index in [0.29, 0.717) is 15.7 Å². The van der Waals surface area contributed by atoms with E-state index in [-0.39, 0.29) is 12.4 Å². The highest BCUT2D eigenvalue weighted by Crippen LogP contribution is 2.21. The molecule has 2 rings (SSSR count). The van der Waals surface area contributed by atoms with E-state index in [1.54, 1.807) is 42.5 Å². The number of hydrogen-bond donors (Lipinski definition) is 2. The van der Waals surface area contributed by atoms with Gasteiger partial charge in [0.15, 0.2) is 0 Å². The lowest BCUT2D eigenvalue weighted by Crippen LogP contribution is -2.06. The zero-order chi connectivity index (χ0) is 13.8. The molecule has 2 aromatic rings. The molecule has 98 valence electrons. The molecule has 0 saturated heterocycles. The molecule has 0 heterocycles. The largest absolute Gasteiger partial charge is 0.508 e. The topological polar surface area (TPSA) is 72.6 Å². The number of hydrogen-bond acceptors (Lipinski definition) is 4. The molecule has 4 nitrogen and oxygen atoms in total. The predicted molar refractivity (Wildman–Crippen MR) is 75.8 cm³/mol. The average molecular weight is 322 g/mol. The van der Waals surface area contributed by atoms with E-state index in [1.165, 1.54) is 0 Å². The van der Waals surface area contributed by atoms with Crippen LogP contribution in [-0.4, -0.2) is 11.1 Å². The second-order valence-electron chi connectivity index (χ2n) is 3.98. The Kier molecular flexibility index (Phi) is 4.06. The van der Waals surface area contributed by atoms with Crippen LogP contribution in [0.4, 0.5) is 5.69 Å². The van der Waals surface area contributed by atoms with Gasteiger partial charge >= 0.3 is 5.97 Å². The summed E-state index contributed by atoms with van der Waals surface area (Å²) in [6, 6.07) is 11.4. The second-order valence-corrected chi connectivity index (χ2v) is 4.84. The predicted octanol–water partition coefficient (Wildman–Crippen LogP) is 3.09. The number of phenols is 1. The van der Waals surface area contributed by atoms with Gasteiger partial charge in [-0.25, -0.2) is 4.79 Å². The molecule has 0 fully saturated rings. The number of esters is 1. The van der Waals surface area contributed by atoms with Crippen LogP contribution in [0.5, 0.6) is 5.75 Å². The number of nitrogens with two attached hydrogens (primary N) is 1. The van der Waals surface area contributed by atoms with Crippen LogP contribution in [0.3, 0.4) is 0 Å². The van der Waals surface area contributed by atoms with Gasteiger partial charge in [-0.05, 0) is 51.8 Å². The Morgan fingerprint density at radius 3 is 2.58 bits per heavy atom. The Bertz CT molecular complexity index is 596. The fourth-order valence-electron chi connectivity index (χ4n) is 1.52. The number of aromatic hydroxyl groups is 1. The fourth-order valence-corrected chi connectivity index (χ4v) is 1.93. The van der Waals surface area contributed by atoms with Crippen LogP contribution in [0.25, 0.3) is 0 Å². The molecular weight excluding hydrogens is 310 g/mol. The molecule has 0 unspecified atom stereocenters. The third kappa shape index (κ3) is 3.48. The SMILES string of the molecule is Nc1ccc(Br)c(C(=O)OCc2ccc(O)cc2)c1. The lowest BCUT2D eigenvalue weighted by Gasteiger charge is -2.07. The summed E-state index contributed by atoms with van der Waals surface area (Å²) >= 11 is 3.28.